The zero-order valence-electron chi connectivity index (χ0n) is 20.1. The first-order valence-corrected chi connectivity index (χ1v) is 11.9. The van der Waals surface area contributed by atoms with Crippen molar-refractivity contribution >= 4 is 22.5 Å². The second-order valence-electron chi connectivity index (χ2n) is 8.56. The highest BCUT2D eigenvalue weighted by Gasteiger charge is 2.25. The average Bonchev–Trinajstić information content (AvgIpc) is 3.57. The van der Waals surface area contributed by atoms with E-state index in [-0.39, 0.29) is 42.5 Å². The molecule has 0 radical (unpaired) electrons. The molecule has 7 nitrogen and oxygen atoms in total. The smallest absolute Gasteiger partial charge is 0.181 e. The van der Waals surface area contributed by atoms with Crippen LogP contribution in [-0.4, -0.2) is 48.5 Å². The fraction of sp³-hybridized carbons (Fsp3) is 0.250. The van der Waals surface area contributed by atoms with Crippen molar-refractivity contribution in [1.82, 2.24) is 9.97 Å². The third kappa shape index (κ3) is 4.76. The van der Waals surface area contributed by atoms with Gasteiger partial charge in [0, 0.05) is 47.5 Å². The summed E-state index contributed by atoms with van der Waals surface area (Å²) in [7, 11) is 1.43. The molecular formula is C28H24F2N2O5. The predicted molar refractivity (Wildman–Crippen MR) is 133 cm³/mol. The Morgan fingerprint density at radius 2 is 1.95 bits per heavy atom. The molecule has 190 valence electrons. The molecule has 1 N–H and O–H groups in total. The van der Waals surface area contributed by atoms with Crippen LogP contribution in [0.15, 0.2) is 48.7 Å². The number of para-hydroxylation sites is 1. The van der Waals surface area contributed by atoms with Gasteiger partial charge in [-0.2, -0.15) is 0 Å². The Hall–Kier alpha value is -4.27. The molecule has 0 bridgehead atoms. The van der Waals surface area contributed by atoms with Crippen LogP contribution in [0.4, 0.5) is 8.78 Å². The standard InChI is InChI=1S/C28H24F2N2O5/c1-35-25-14-16(5-8-24(25)36-12-10-29)22(33)6-7-23(34)21-13-17-9-11-37-28(17)27(32-21)19-15-31-26-18(19)3-2-4-20(26)30/h2-5,8,13-15,31H,6-7,9-12H2,1H3. The molecule has 5 rings (SSSR count). The van der Waals surface area contributed by atoms with Gasteiger partial charge in [0.05, 0.1) is 19.2 Å². The lowest BCUT2D eigenvalue weighted by Gasteiger charge is -2.11. The van der Waals surface area contributed by atoms with Crippen molar-refractivity contribution < 1.29 is 32.6 Å². The third-order valence-corrected chi connectivity index (χ3v) is 6.27. The summed E-state index contributed by atoms with van der Waals surface area (Å²) in [6.07, 6.45) is 2.20. The molecule has 9 heteroatoms. The Morgan fingerprint density at radius 1 is 1.11 bits per heavy atom. The summed E-state index contributed by atoms with van der Waals surface area (Å²) in [5, 5.41) is 0.637. The Labute approximate surface area is 211 Å². The zero-order chi connectivity index (χ0) is 25.9. The number of hydrogen-bond acceptors (Lipinski definition) is 6. The number of ether oxygens (including phenoxy) is 3. The van der Waals surface area contributed by atoms with Gasteiger partial charge in [0.2, 0.25) is 0 Å². The number of Topliss-reactive ketones (excluding diaryl/α,β-unsaturated/α-hetero) is 2. The molecular weight excluding hydrogens is 482 g/mol. The number of fused-ring (bicyclic) bond motifs is 2. The Morgan fingerprint density at radius 3 is 2.76 bits per heavy atom. The van der Waals surface area contributed by atoms with Crippen molar-refractivity contribution in [2.24, 2.45) is 0 Å². The lowest BCUT2D eigenvalue weighted by molar-refractivity contribution is 0.0915. The Bertz CT molecular complexity index is 1500. The number of pyridine rings is 1. The minimum absolute atomic E-state index is 0.0322. The van der Waals surface area contributed by atoms with Crippen LogP contribution in [0.3, 0.4) is 0 Å². The molecule has 0 saturated carbocycles. The van der Waals surface area contributed by atoms with Gasteiger partial charge in [0.15, 0.2) is 23.1 Å². The minimum atomic E-state index is -0.645. The molecule has 2 aromatic carbocycles. The van der Waals surface area contributed by atoms with E-state index in [4.69, 9.17) is 14.2 Å². The van der Waals surface area contributed by atoms with E-state index in [0.29, 0.717) is 58.0 Å². The number of halogens is 2. The van der Waals surface area contributed by atoms with Crippen molar-refractivity contribution in [2.75, 3.05) is 27.0 Å². The fourth-order valence-electron chi connectivity index (χ4n) is 4.44. The topological polar surface area (TPSA) is 90.5 Å². The van der Waals surface area contributed by atoms with E-state index < -0.39 is 6.67 Å². The number of benzene rings is 2. The number of ketones is 2. The summed E-state index contributed by atoms with van der Waals surface area (Å²) in [6.45, 7) is -0.302. The Balaban J connectivity index is 1.37. The number of alkyl halides is 1. The molecule has 37 heavy (non-hydrogen) atoms. The molecule has 0 fully saturated rings. The number of rotatable bonds is 10. The maximum Gasteiger partial charge on any atom is 0.181 e. The molecule has 0 atom stereocenters. The molecule has 4 aromatic rings. The van der Waals surface area contributed by atoms with Crippen LogP contribution >= 0.6 is 0 Å². The van der Waals surface area contributed by atoms with Crippen LogP contribution in [0.25, 0.3) is 22.2 Å². The van der Waals surface area contributed by atoms with Crippen LogP contribution in [0, 0.1) is 5.82 Å². The van der Waals surface area contributed by atoms with Crippen LogP contribution in [0.2, 0.25) is 0 Å². The molecule has 0 aliphatic carbocycles. The summed E-state index contributed by atoms with van der Waals surface area (Å²) in [5.41, 5.74) is 2.89. The largest absolute Gasteiger partial charge is 0.493 e. The second kappa shape index (κ2) is 10.4. The number of hydrogen-bond donors (Lipinski definition) is 1. The van der Waals surface area contributed by atoms with E-state index >= 15 is 0 Å². The molecule has 1 aliphatic rings. The van der Waals surface area contributed by atoms with Gasteiger partial charge in [-0.15, -0.1) is 0 Å². The number of carbonyl (C=O) groups is 2. The number of nitrogens with one attached hydrogen (secondary N) is 1. The summed E-state index contributed by atoms with van der Waals surface area (Å²) in [5.74, 6) is 0.309. The number of nitrogens with zero attached hydrogens (tertiary/aromatic N) is 1. The van der Waals surface area contributed by atoms with E-state index in [1.165, 1.54) is 19.2 Å². The van der Waals surface area contributed by atoms with E-state index in [1.807, 2.05) is 0 Å². The zero-order valence-corrected chi connectivity index (χ0v) is 20.1. The van der Waals surface area contributed by atoms with Gasteiger partial charge in [-0.05, 0) is 30.3 Å². The van der Waals surface area contributed by atoms with Crippen molar-refractivity contribution in [3.63, 3.8) is 0 Å². The first-order valence-electron chi connectivity index (χ1n) is 11.9. The lowest BCUT2D eigenvalue weighted by Crippen LogP contribution is -2.09. The highest BCUT2D eigenvalue weighted by molar-refractivity contribution is 6.03. The van der Waals surface area contributed by atoms with Gasteiger partial charge in [-0.3, -0.25) is 9.59 Å². The van der Waals surface area contributed by atoms with Crippen molar-refractivity contribution in [3.05, 3.63) is 71.3 Å². The van der Waals surface area contributed by atoms with Crippen LogP contribution in [0.5, 0.6) is 17.2 Å². The SMILES string of the molecule is COc1cc(C(=O)CCC(=O)c2cc3c(c(-c4c[nH]c5c(F)cccc45)n2)OCC3)ccc1OCCF. The number of H-pyrrole nitrogens is 1. The quantitative estimate of drug-likeness (QED) is 0.286. The molecule has 2 aromatic heterocycles. The molecule has 0 saturated heterocycles. The molecule has 0 unspecified atom stereocenters. The van der Waals surface area contributed by atoms with Crippen molar-refractivity contribution in [1.29, 1.82) is 0 Å². The predicted octanol–water partition coefficient (Wildman–Crippen LogP) is 5.51. The maximum absolute atomic E-state index is 14.2. The minimum Gasteiger partial charge on any atom is -0.493 e. The van der Waals surface area contributed by atoms with Gasteiger partial charge < -0.3 is 19.2 Å². The average molecular weight is 507 g/mol. The van der Waals surface area contributed by atoms with E-state index in [9.17, 15) is 18.4 Å². The number of aromatic nitrogens is 2. The van der Waals surface area contributed by atoms with E-state index in [2.05, 4.69) is 9.97 Å². The molecule has 3 heterocycles. The second-order valence-corrected chi connectivity index (χ2v) is 8.56. The maximum atomic E-state index is 14.2. The number of methoxy groups -OCH3 is 1. The van der Waals surface area contributed by atoms with Gasteiger partial charge in [-0.1, -0.05) is 12.1 Å². The fourth-order valence-corrected chi connectivity index (χ4v) is 4.44. The monoisotopic (exact) mass is 506 g/mol. The van der Waals surface area contributed by atoms with E-state index in [0.717, 1.165) is 5.56 Å². The highest BCUT2D eigenvalue weighted by Crippen LogP contribution is 2.39. The van der Waals surface area contributed by atoms with Gasteiger partial charge in [-0.25, -0.2) is 13.8 Å². The summed E-state index contributed by atoms with van der Waals surface area (Å²) in [6, 6.07) is 11.1. The lowest BCUT2D eigenvalue weighted by atomic mass is 10.0. The summed E-state index contributed by atoms with van der Waals surface area (Å²) < 4.78 is 43.0. The highest BCUT2D eigenvalue weighted by atomic mass is 19.1. The van der Waals surface area contributed by atoms with Crippen molar-refractivity contribution in [3.8, 4) is 28.5 Å². The normalized spacial score (nSPS) is 12.3. The Kier molecular flexibility index (Phi) is 6.85. The third-order valence-electron chi connectivity index (χ3n) is 6.27. The summed E-state index contributed by atoms with van der Waals surface area (Å²) in [4.78, 5) is 33.4. The van der Waals surface area contributed by atoms with Crippen LogP contribution in [0.1, 0.15) is 39.3 Å². The van der Waals surface area contributed by atoms with Crippen LogP contribution in [-0.2, 0) is 6.42 Å². The number of aromatic amines is 1. The first kappa shape index (κ1) is 24.4. The number of carbonyl (C=O) groups excluding carboxylic acids is 2. The molecule has 0 amide bonds. The molecule has 0 spiro atoms. The van der Waals surface area contributed by atoms with Gasteiger partial charge in [0.25, 0.3) is 0 Å². The van der Waals surface area contributed by atoms with Gasteiger partial charge in [0.1, 0.15) is 36.2 Å². The van der Waals surface area contributed by atoms with Crippen LogP contribution < -0.4 is 14.2 Å². The summed E-state index contributed by atoms with van der Waals surface area (Å²) >= 11 is 0. The van der Waals surface area contributed by atoms with Gasteiger partial charge >= 0.3 is 0 Å². The first-order chi connectivity index (χ1) is 18.0. The van der Waals surface area contributed by atoms with E-state index in [1.54, 1.807) is 36.5 Å². The molecule has 1 aliphatic heterocycles. The van der Waals surface area contributed by atoms with Crippen molar-refractivity contribution in [2.45, 2.75) is 19.3 Å².